The van der Waals surface area contributed by atoms with E-state index >= 15 is 0 Å². The molecule has 1 heterocycles. The Morgan fingerprint density at radius 3 is 2.64 bits per heavy atom. The Balaban J connectivity index is 2.28. The molecule has 0 aliphatic carbocycles. The first-order valence-electron chi connectivity index (χ1n) is 6.19. The van der Waals surface area contributed by atoms with Crippen LogP contribution < -0.4 is 0 Å². The monoisotopic (exact) mass is 316 g/mol. The summed E-state index contributed by atoms with van der Waals surface area (Å²) in [4.78, 5) is 24.1. The molecule has 0 saturated heterocycles. The first-order chi connectivity index (χ1) is 10.7. The normalized spacial score (nSPS) is 11.6. The SMILES string of the molecule is COC(=O)c1ccccc1N=N/C(=C/O)C(=O)c1cccs1. The maximum absolute atomic E-state index is 12.1. The number of ketones is 1. The van der Waals surface area contributed by atoms with Gasteiger partial charge in [-0.15, -0.1) is 21.6 Å². The van der Waals surface area contributed by atoms with Crippen molar-refractivity contribution in [2.45, 2.75) is 0 Å². The standard InChI is InChI=1S/C15H12N2O4S/c1-21-15(20)10-5-2-3-6-11(10)16-17-12(9-18)14(19)13-7-4-8-22-13/h2-9,18H,1H3/b12-9+,17-16?. The lowest BCUT2D eigenvalue weighted by molar-refractivity contribution is 0.0601. The fourth-order valence-electron chi connectivity index (χ4n) is 1.61. The number of ether oxygens (including phenoxy) is 1. The van der Waals surface area contributed by atoms with Crippen LogP contribution >= 0.6 is 11.3 Å². The molecule has 0 unspecified atom stereocenters. The van der Waals surface area contributed by atoms with Crippen LogP contribution in [0.1, 0.15) is 20.0 Å². The lowest BCUT2D eigenvalue weighted by atomic mass is 10.2. The van der Waals surface area contributed by atoms with Crippen LogP contribution in [0.25, 0.3) is 0 Å². The van der Waals surface area contributed by atoms with E-state index in [2.05, 4.69) is 15.0 Å². The van der Waals surface area contributed by atoms with E-state index in [9.17, 15) is 14.7 Å². The quantitative estimate of drug-likeness (QED) is 0.298. The minimum atomic E-state index is -0.561. The lowest BCUT2D eigenvalue weighted by Crippen LogP contribution is -2.01. The summed E-state index contributed by atoms with van der Waals surface area (Å²) in [6.07, 6.45) is 0.590. The van der Waals surface area contributed by atoms with Gasteiger partial charge in [-0.3, -0.25) is 4.79 Å². The zero-order valence-corrected chi connectivity index (χ0v) is 12.4. The van der Waals surface area contributed by atoms with Gasteiger partial charge in [0.05, 0.1) is 17.6 Å². The fourth-order valence-corrected chi connectivity index (χ4v) is 2.29. The van der Waals surface area contributed by atoms with Crippen LogP contribution in [0.2, 0.25) is 0 Å². The van der Waals surface area contributed by atoms with Crippen LogP contribution in [0.4, 0.5) is 5.69 Å². The second-order valence-electron chi connectivity index (χ2n) is 4.03. The number of aliphatic hydroxyl groups is 1. The van der Waals surface area contributed by atoms with E-state index in [-0.39, 0.29) is 16.9 Å². The number of azo groups is 1. The van der Waals surface area contributed by atoms with Crippen LogP contribution in [-0.4, -0.2) is 24.0 Å². The summed E-state index contributed by atoms with van der Waals surface area (Å²) in [7, 11) is 1.26. The summed E-state index contributed by atoms with van der Waals surface area (Å²) in [5, 5.41) is 18.5. The molecule has 0 aliphatic rings. The highest BCUT2D eigenvalue weighted by atomic mass is 32.1. The predicted octanol–water partition coefficient (Wildman–Crippen LogP) is 3.90. The van der Waals surface area contributed by atoms with Crippen molar-refractivity contribution < 1.29 is 19.4 Å². The van der Waals surface area contributed by atoms with Crippen molar-refractivity contribution in [2.75, 3.05) is 7.11 Å². The summed E-state index contributed by atoms with van der Waals surface area (Å²) >= 11 is 1.23. The number of hydrogen-bond donors (Lipinski definition) is 1. The summed E-state index contributed by atoms with van der Waals surface area (Å²) in [6, 6.07) is 9.75. The molecule has 0 atom stereocenters. The van der Waals surface area contributed by atoms with Crippen LogP contribution in [0, 0.1) is 0 Å². The maximum Gasteiger partial charge on any atom is 0.340 e. The number of carbonyl (C=O) groups is 2. The first-order valence-corrected chi connectivity index (χ1v) is 7.07. The Bertz CT molecular complexity index is 736. The number of nitrogens with zero attached hydrogens (tertiary/aromatic N) is 2. The molecule has 22 heavy (non-hydrogen) atoms. The highest BCUT2D eigenvalue weighted by molar-refractivity contribution is 7.12. The number of aliphatic hydroxyl groups excluding tert-OH is 1. The van der Waals surface area contributed by atoms with Gasteiger partial charge in [0.1, 0.15) is 11.9 Å². The van der Waals surface area contributed by atoms with Crippen molar-refractivity contribution in [3.05, 3.63) is 64.2 Å². The number of hydrogen-bond acceptors (Lipinski definition) is 7. The maximum atomic E-state index is 12.1. The van der Waals surface area contributed by atoms with Crippen LogP contribution in [-0.2, 0) is 4.74 Å². The van der Waals surface area contributed by atoms with E-state index in [0.717, 1.165) is 0 Å². The van der Waals surface area contributed by atoms with Gasteiger partial charge in [0.2, 0.25) is 5.78 Å². The molecule has 1 N–H and O–H groups in total. The molecule has 2 aromatic rings. The lowest BCUT2D eigenvalue weighted by Gasteiger charge is -2.02. The summed E-state index contributed by atoms with van der Waals surface area (Å²) in [5.41, 5.74) is 0.240. The molecular formula is C15H12N2O4S. The van der Waals surface area contributed by atoms with Gasteiger partial charge >= 0.3 is 5.97 Å². The van der Waals surface area contributed by atoms with E-state index in [1.165, 1.54) is 24.5 Å². The number of benzene rings is 1. The van der Waals surface area contributed by atoms with E-state index in [4.69, 9.17) is 0 Å². The van der Waals surface area contributed by atoms with E-state index in [1.807, 2.05) is 0 Å². The first kappa shape index (κ1) is 15.6. The van der Waals surface area contributed by atoms with Crippen molar-refractivity contribution in [3.63, 3.8) is 0 Å². The average molecular weight is 316 g/mol. The van der Waals surface area contributed by atoms with Crippen molar-refractivity contribution in [2.24, 2.45) is 10.2 Å². The third kappa shape index (κ3) is 3.44. The van der Waals surface area contributed by atoms with E-state index in [1.54, 1.807) is 35.7 Å². The van der Waals surface area contributed by atoms with Gasteiger partial charge in [-0.2, -0.15) is 0 Å². The van der Waals surface area contributed by atoms with Gasteiger partial charge < -0.3 is 9.84 Å². The number of allylic oxidation sites excluding steroid dienone is 1. The zero-order valence-electron chi connectivity index (χ0n) is 11.6. The highest BCUT2D eigenvalue weighted by Crippen LogP contribution is 2.22. The van der Waals surface area contributed by atoms with Gasteiger partial charge in [0, 0.05) is 0 Å². The van der Waals surface area contributed by atoms with Gasteiger partial charge in [0.15, 0.2) is 5.70 Å². The minimum absolute atomic E-state index is 0.217. The Labute approximate surface area is 130 Å². The molecule has 0 aliphatic heterocycles. The minimum Gasteiger partial charge on any atom is -0.513 e. The van der Waals surface area contributed by atoms with Crippen LogP contribution in [0.3, 0.4) is 0 Å². The molecule has 0 fully saturated rings. The number of rotatable bonds is 5. The Hall–Kier alpha value is -2.80. The molecule has 0 radical (unpaired) electrons. The Kier molecular flexibility index (Phi) is 5.16. The molecule has 0 bridgehead atoms. The molecular weight excluding hydrogens is 304 g/mol. The van der Waals surface area contributed by atoms with Crippen molar-refractivity contribution in [1.82, 2.24) is 0 Å². The number of esters is 1. The summed E-state index contributed by atoms with van der Waals surface area (Å²) in [5.74, 6) is -1.01. The highest BCUT2D eigenvalue weighted by Gasteiger charge is 2.15. The van der Waals surface area contributed by atoms with Crippen LogP contribution in [0.15, 0.2) is 64.0 Å². The number of Topliss-reactive ketones (excluding diaryl/α,β-unsaturated/α-hetero) is 1. The molecule has 1 aromatic carbocycles. The average Bonchev–Trinajstić information content (AvgIpc) is 3.09. The Morgan fingerprint density at radius 2 is 2.00 bits per heavy atom. The van der Waals surface area contributed by atoms with Gasteiger partial charge in [-0.05, 0) is 23.6 Å². The topological polar surface area (TPSA) is 88.3 Å². The number of thiophene rings is 1. The molecule has 0 spiro atoms. The van der Waals surface area contributed by atoms with Crippen molar-refractivity contribution in [1.29, 1.82) is 0 Å². The molecule has 0 amide bonds. The van der Waals surface area contributed by atoms with E-state index < -0.39 is 11.8 Å². The smallest absolute Gasteiger partial charge is 0.340 e. The fraction of sp³-hybridized carbons (Fsp3) is 0.0667. The van der Waals surface area contributed by atoms with Crippen molar-refractivity contribution >= 4 is 28.8 Å². The van der Waals surface area contributed by atoms with Crippen LogP contribution in [0.5, 0.6) is 0 Å². The number of methoxy groups -OCH3 is 1. The molecule has 6 nitrogen and oxygen atoms in total. The largest absolute Gasteiger partial charge is 0.513 e. The second-order valence-corrected chi connectivity index (χ2v) is 4.98. The molecule has 2 rings (SSSR count). The molecule has 112 valence electrons. The van der Waals surface area contributed by atoms with Gasteiger partial charge in [-0.1, -0.05) is 18.2 Å². The second kappa shape index (κ2) is 7.28. The third-order valence-electron chi connectivity index (χ3n) is 2.67. The predicted molar refractivity (Wildman–Crippen MR) is 81.7 cm³/mol. The molecule has 1 aromatic heterocycles. The summed E-state index contributed by atoms with van der Waals surface area (Å²) < 4.78 is 4.65. The van der Waals surface area contributed by atoms with Gasteiger partial charge in [-0.25, -0.2) is 4.79 Å². The third-order valence-corrected chi connectivity index (χ3v) is 3.54. The van der Waals surface area contributed by atoms with E-state index in [0.29, 0.717) is 11.1 Å². The van der Waals surface area contributed by atoms with Gasteiger partial charge in [0.25, 0.3) is 0 Å². The molecule has 7 heteroatoms. The van der Waals surface area contributed by atoms with Crippen molar-refractivity contribution in [3.8, 4) is 0 Å². The summed E-state index contributed by atoms with van der Waals surface area (Å²) in [6.45, 7) is 0. The Morgan fingerprint density at radius 1 is 1.23 bits per heavy atom. The molecule has 0 saturated carbocycles. The number of carbonyl (C=O) groups excluding carboxylic acids is 2. The zero-order chi connectivity index (χ0) is 15.9.